The third-order valence-corrected chi connectivity index (χ3v) is 6.43. The zero-order valence-electron chi connectivity index (χ0n) is 17.7. The van der Waals surface area contributed by atoms with Gasteiger partial charge in [-0.25, -0.2) is 22.9 Å². The Morgan fingerprint density at radius 2 is 1.70 bits per heavy atom. The van der Waals surface area contributed by atoms with Crippen LogP contribution < -0.4 is 19.5 Å². The molecule has 0 saturated heterocycles. The van der Waals surface area contributed by atoms with Crippen molar-refractivity contribution in [1.82, 2.24) is 15.0 Å². The zero-order chi connectivity index (χ0) is 24.0. The highest BCUT2D eigenvalue weighted by Crippen LogP contribution is 2.25. The van der Waals surface area contributed by atoms with Crippen molar-refractivity contribution in [2.24, 2.45) is 0 Å². The second-order valence-corrected chi connectivity index (χ2v) is 9.05. The van der Waals surface area contributed by atoms with E-state index in [4.69, 9.17) is 9.84 Å². The van der Waals surface area contributed by atoms with Gasteiger partial charge in [0, 0.05) is 23.9 Å². The summed E-state index contributed by atoms with van der Waals surface area (Å²) >= 11 is 0. The van der Waals surface area contributed by atoms with Gasteiger partial charge in [0.25, 0.3) is 27.7 Å². The van der Waals surface area contributed by atoms with Gasteiger partial charge in [0.05, 0.1) is 17.6 Å². The van der Waals surface area contributed by atoms with Crippen LogP contribution in [0.25, 0.3) is 0 Å². The van der Waals surface area contributed by atoms with Crippen molar-refractivity contribution >= 4 is 28.0 Å². The molecule has 33 heavy (non-hydrogen) atoms. The number of carbonyl (C=O) groups excluding carboxylic acids is 2. The highest BCUT2D eigenvalue weighted by molar-refractivity contribution is 7.90. The lowest BCUT2D eigenvalue weighted by Gasteiger charge is -2.22. The molecule has 1 aliphatic carbocycles. The van der Waals surface area contributed by atoms with Gasteiger partial charge in [0.2, 0.25) is 0 Å². The molecule has 2 aromatic rings. The van der Waals surface area contributed by atoms with Gasteiger partial charge >= 0.3 is 6.16 Å². The van der Waals surface area contributed by atoms with Crippen molar-refractivity contribution in [3.63, 3.8) is 0 Å². The molecule has 1 heterocycles. The molecule has 2 amide bonds. The van der Waals surface area contributed by atoms with E-state index in [0.29, 0.717) is 5.56 Å². The topological polar surface area (TPSA) is 161 Å². The molecule has 1 fully saturated rings. The number of nitrogens with zero attached hydrogens (tertiary/aromatic N) is 1. The van der Waals surface area contributed by atoms with Crippen LogP contribution >= 0.6 is 0 Å². The van der Waals surface area contributed by atoms with Crippen LogP contribution in [0.3, 0.4) is 0 Å². The van der Waals surface area contributed by atoms with Gasteiger partial charge in [-0.15, -0.1) is 0 Å². The molecule has 0 radical (unpaired) electrons. The Hall–Kier alpha value is -3.67. The second kappa shape index (κ2) is 10.3. The minimum Gasteiger partial charge on any atom is -0.491 e. The molecule has 1 aliphatic rings. The summed E-state index contributed by atoms with van der Waals surface area (Å²) in [5.74, 6) is -1.86. The number of benzene rings is 1. The molecule has 3 rings (SSSR count). The average molecular weight is 477 g/mol. The predicted octanol–water partition coefficient (Wildman–Crippen LogP) is 2.33. The van der Waals surface area contributed by atoms with E-state index < -0.39 is 28.0 Å². The van der Waals surface area contributed by atoms with Gasteiger partial charge < -0.3 is 19.9 Å². The second-order valence-electron chi connectivity index (χ2n) is 7.37. The van der Waals surface area contributed by atoms with E-state index in [1.165, 1.54) is 31.4 Å². The van der Waals surface area contributed by atoms with E-state index in [1.54, 1.807) is 0 Å². The van der Waals surface area contributed by atoms with Crippen molar-refractivity contribution < 1.29 is 37.4 Å². The first-order valence-electron chi connectivity index (χ1n) is 10.1. The quantitative estimate of drug-likeness (QED) is 0.508. The van der Waals surface area contributed by atoms with Crippen molar-refractivity contribution in [2.75, 3.05) is 7.11 Å². The molecule has 12 heteroatoms. The first-order chi connectivity index (χ1) is 15.7. The third kappa shape index (κ3) is 6.19. The number of carboxylic acid groups (broad SMARTS) is 1. The Morgan fingerprint density at radius 1 is 1.03 bits per heavy atom. The van der Waals surface area contributed by atoms with Gasteiger partial charge in [-0.2, -0.15) is 0 Å². The number of hydrogen-bond acceptors (Lipinski definition) is 8. The van der Waals surface area contributed by atoms with E-state index in [0.717, 1.165) is 44.4 Å². The summed E-state index contributed by atoms with van der Waals surface area (Å²) in [6.07, 6.45) is 4.46. The number of aromatic nitrogens is 1. The Labute approximate surface area is 190 Å². The van der Waals surface area contributed by atoms with Crippen LogP contribution in [-0.2, 0) is 10.0 Å². The van der Waals surface area contributed by atoms with Crippen LogP contribution in [0.2, 0.25) is 0 Å². The smallest absolute Gasteiger partial charge is 0.491 e. The summed E-state index contributed by atoms with van der Waals surface area (Å²) in [5.41, 5.74) is 0.116. The molecular formula is C21H23N3O8S. The molecule has 3 N–H and O–H groups in total. The number of nitrogens with one attached hydrogen (secondary N) is 2. The minimum atomic E-state index is -4.25. The molecule has 0 spiro atoms. The number of methoxy groups -OCH3 is 1. The van der Waals surface area contributed by atoms with Gasteiger partial charge in [0.15, 0.2) is 5.75 Å². The maximum Gasteiger partial charge on any atom is 0.512 e. The fourth-order valence-corrected chi connectivity index (χ4v) is 4.38. The highest BCUT2D eigenvalue weighted by atomic mass is 32.2. The van der Waals surface area contributed by atoms with Gasteiger partial charge in [-0.1, -0.05) is 19.3 Å². The first kappa shape index (κ1) is 24.0. The lowest BCUT2D eigenvalue weighted by atomic mass is 9.95. The molecular weight excluding hydrogens is 454 g/mol. The average Bonchev–Trinajstić information content (AvgIpc) is 2.79. The lowest BCUT2D eigenvalue weighted by Crippen LogP contribution is -2.36. The maximum absolute atomic E-state index is 12.6. The lowest BCUT2D eigenvalue weighted by molar-refractivity contribution is 0.0926. The van der Waals surface area contributed by atoms with Crippen LogP contribution in [0.4, 0.5) is 4.79 Å². The number of hydrogen-bond donors (Lipinski definition) is 3. The molecule has 0 atom stereocenters. The predicted molar refractivity (Wildman–Crippen MR) is 115 cm³/mol. The molecule has 1 aromatic carbocycles. The Bertz CT molecular complexity index is 1140. The third-order valence-electron chi connectivity index (χ3n) is 5.08. The van der Waals surface area contributed by atoms with E-state index in [2.05, 4.69) is 15.0 Å². The molecule has 1 aromatic heterocycles. The molecule has 1 saturated carbocycles. The van der Waals surface area contributed by atoms with Crippen molar-refractivity contribution in [2.45, 2.75) is 43.0 Å². The maximum atomic E-state index is 12.6. The summed E-state index contributed by atoms with van der Waals surface area (Å²) in [6.45, 7) is 0. The standard InChI is InChI=1S/C21H23N3O8S/c1-31-17-11-14(12-22-20(17)32-21(27)28)19(26)24-33(29,30)16-9-7-13(8-10-16)18(25)23-15-5-3-2-4-6-15/h7-12,15H,2-6H2,1H3,(H,23,25)(H,24,26)(H,27,28). The normalized spacial score (nSPS) is 14.2. The number of sulfonamides is 1. The SMILES string of the molecule is COc1cc(C(=O)NS(=O)(=O)c2ccc(C(=O)NC3CCCCC3)cc2)cnc1OC(=O)O. The van der Waals surface area contributed by atoms with Crippen molar-refractivity contribution in [3.05, 3.63) is 47.7 Å². The van der Waals surface area contributed by atoms with Crippen molar-refractivity contribution in [1.29, 1.82) is 0 Å². The fraction of sp³-hybridized carbons (Fsp3) is 0.333. The van der Waals surface area contributed by atoms with Gasteiger partial charge in [-0.3, -0.25) is 9.59 Å². The Morgan fingerprint density at radius 3 is 2.30 bits per heavy atom. The van der Waals surface area contributed by atoms with Gasteiger partial charge in [0.1, 0.15) is 0 Å². The Kier molecular flexibility index (Phi) is 7.48. The van der Waals surface area contributed by atoms with Crippen LogP contribution in [0.15, 0.2) is 41.4 Å². The number of pyridine rings is 1. The van der Waals surface area contributed by atoms with Crippen LogP contribution in [0, 0.1) is 0 Å². The molecule has 0 unspecified atom stereocenters. The van der Waals surface area contributed by atoms with Gasteiger partial charge in [-0.05, 0) is 37.1 Å². The summed E-state index contributed by atoms with van der Waals surface area (Å²) in [5, 5.41) is 11.6. The summed E-state index contributed by atoms with van der Waals surface area (Å²) in [6, 6.07) is 6.42. The molecule has 176 valence electrons. The summed E-state index contributed by atoms with van der Waals surface area (Å²) in [4.78, 5) is 38.9. The van der Waals surface area contributed by atoms with Crippen LogP contribution in [0.5, 0.6) is 11.6 Å². The molecule has 0 bridgehead atoms. The number of amides is 2. The Balaban J connectivity index is 1.69. The highest BCUT2D eigenvalue weighted by Gasteiger charge is 2.22. The van der Waals surface area contributed by atoms with E-state index in [-0.39, 0.29) is 28.2 Å². The molecule has 0 aliphatic heterocycles. The number of carbonyl (C=O) groups is 3. The monoisotopic (exact) mass is 477 g/mol. The fourth-order valence-electron chi connectivity index (χ4n) is 3.40. The molecule has 11 nitrogen and oxygen atoms in total. The zero-order valence-corrected chi connectivity index (χ0v) is 18.6. The van der Waals surface area contributed by atoms with E-state index >= 15 is 0 Å². The summed E-state index contributed by atoms with van der Waals surface area (Å²) < 4.78 is 36.4. The van der Waals surface area contributed by atoms with Crippen molar-refractivity contribution in [3.8, 4) is 11.6 Å². The van der Waals surface area contributed by atoms with Crippen LogP contribution in [0.1, 0.15) is 52.8 Å². The largest absolute Gasteiger partial charge is 0.512 e. The number of rotatable bonds is 7. The summed E-state index contributed by atoms with van der Waals surface area (Å²) in [7, 11) is -3.05. The van der Waals surface area contributed by atoms with E-state index in [1.807, 2.05) is 4.72 Å². The van der Waals surface area contributed by atoms with E-state index in [9.17, 15) is 22.8 Å². The first-order valence-corrected chi connectivity index (χ1v) is 11.6. The number of ether oxygens (including phenoxy) is 2. The minimum absolute atomic E-state index is 0.117. The van der Waals surface area contributed by atoms with Crippen LogP contribution in [-0.4, -0.2) is 49.6 Å².